The summed E-state index contributed by atoms with van der Waals surface area (Å²) in [6, 6.07) is 12.4. The molecule has 0 aliphatic carbocycles. The number of nitrogens with zero attached hydrogens (tertiary/aromatic N) is 2. The molecule has 0 spiro atoms. The van der Waals surface area contributed by atoms with E-state index in [0.717, 1.165) is 4.47 Å². The normalized spacial score (nSPS) is 10.4. The SMILES string of the molecule is O=C(N/N=C/c1ccc([N+](=O)[O-])cc1)Nc1ccc(Br)cc1. The first-order valence-electron chi connectivity index (χ1n) is 6.15. The van der Waals surface area contributed by atoms with Crippen LogP contribution < -0.4 is 10.7 Å². The summed E-state index contributed by atoms with van der Waals surface area (Å²) in [7, 11) is 0. The third-order valence-corrected chi connectivity index (χ3v) is 3.11. The summed E-state index contributed by atoms with van der Waals surface area (Å²) in [5, 5.41) is 16.9. The quantitative estimate of drug-likeness (QED) is 0.494. The Hall–Kier alpha value is -2.74. The number of benzene rings is 2. The van der Waals surface area contributed by atoms with Crippen LogP contribution >= 0.6 is 15.9 Å². The minimum absolute atomic E-state index is 0.00177. The van der Waals surface area contributed by atoms with Crippen molar-refractivity contribution in [2.45, 2.75) is 0 Å². The van der Waals surface area contributed by atoms with Crippen LogP contribution in [0.4, 0.5) is 16.2 Å². The van der Waals surface area contributed by atoms with Crippen LogP contribution in [-0.2, 0) is 0 Å². The number of non-ortho nitro benzene ring substituents is 1. The lowest BCUT2D eigenvalue weighted by atomic mass is 10.2. The summed E-state index contributed by atoms with van der Waals surface area (Å²) in [5.41, 5.74) is 3.57. The summed E-state index contributed by atoms with van der Waals surface area (Å²) < 4.78 is 0.912. The van der Waals surface area contributed by atoms with Crippen LogP contribution in [0, 0.1) is 10.1 Å². The average Bonchev–Trinajstić information content (AvgIpc) is 2.50. The highest BCUT2D eigenvalue weighted by Gasteiger charge is 2.03. The molecule has 0 saturated heterocycles. The molecule has 0 atom stereocenters. The second kappa shape index (κ2) is 7.32. The van der Waals surface area contributed by atoms with E-state index in [1.807, 2.05) is 0 Å². The maximum absolute atomic E-state index is 11.6. The molecular weight excluding hydrogens is 352 g/mol. The number of anilines is 1. The van der Waals surface area contributed by atoms with Gasteiger partial charge < -0.3 is 5.32 Å². The molecule has 0 radical (unpaired) electrons. The highest BCUT2D eigenvalue weighted by atomic mass is 79.9. The second-order valence-electron chi connectivity index (χ2n) is 4.18. The lowest BCUT2D eigenvalue weighted by Crippen LogP contribution is -2.24. The number of amides is 2. The fraction of sp³-hybridized carbons (Fsp3) is 0. The van der Waals surface area contributed by atoms with Gasteiger partial charge in [-0.1, -0.05) is 15.9 Å². The number of nitro groups is 1. The van der Waals surface area contributed by atoms with E-state index in [2.05, 4.69) is 31.8 Å². The molecule has 0 saturated carbocycles. The number of urea groups is 1. The number of carbonyl (C=O) groups is 1. The Balaban J connectivity index is 1.87. The third-order valence-electron chi connectivity index (χ3n) is 2.59. The zero-order valence-corrected chi connectivity index (χ0v) is 12.8. The highest BCUT2D eigenvalue weighted by Crippen LogP contribution is 2.14. The molecule has 112 valence electrons. The molecule has 0 aliphatic heterocycles. The molecule has 0 unspecified atom stereocenters. The smallest absolute Gasteiger partial charge is 0.307 e. The number of nitrogens with one attached hydrogen (secondary N) is 2. The van der Waals surface area contributed by atoms with Gasteiger partial charge in [-0.2, -0.15) is 5.10 Å². The van der Waals surface area contributed by atoms with Crippen LogP contribution in [0.25, 0.3) is 0 Å². The minimum atomic E-state index is -0.486. The number of nitro benzene ring substituents is 1. The fourth-order valence-electron chi connectivity index (χ4n) is 1.54. The molecule has 22 heavy (non-hydrogen) atoms. The molecule has 2 amide bonds. The van der Waals surface area contributed by atoms with Crippen molar-refractivity contribution in [2.24, 2.45) is 5.10 Å². The fourth-order valence-corrected chi connectivity index (χ4v) is 1.80. The molecular formula is C14H11BrN4O3. The van der Waals surface area contributed by atoms with Gasteiger partial charge in [0.15, 0.2) is 0 Å². The van der Waals surface area contributed by atoms with E-state index in [9.17, 15) is 14.9 Å². The second-order valence-corrected chi connectivity index (χ2v) is 5.10. The first-order valence-corrected chi connectivity index (χ1v) is 6.94. The van der Waals surface area contributed by atoms with Gasteiger partial charge in [0, 0.05) is 22.3 Å². The van der Waals surface area contributed by atoms with E-state index in [1.165, 1.54) is 30.5 Å². The zero-order chi connectivity index (χ0) is 15.9. The molecule has 0 fully saturated rings. The van der Waals surface area contributed by atoms with Gasteiger partial charge >= 0.3 is 6.03 Å². The maximum Gasteiger partial charge on any atom is 0.339 e. The van der Waals surface area contributed by atoms with Gasteiger partial charge in [-0.05, 0) is 42.0 Å². The highest BCUT2D eigenvalue weighted by molar-refractivity contribution is 9.10. The van der Waals surface area contributed by atoms with Crippen LogP contribution in [0.5, 0.6) is 0 Å². The average molecular weight is 363 g/mol. The Morgan fingerprint density at radius 1 is 1.14 bits per heavy atom. The van der Waals surface area contributed by atoms with E-state index in [0.29, 0.717) is 11.3 Å². The Bertz CT molecular complexity index is 699. The summed E-state index contributed by atoms with van der Waals surface area (Å²) >= 11 is 3.30. The topological polar surface area (TPSA) is 96.6 Å². The van der Waals surface area contributed by atoms with Crippen molar-refractivity contribution in [3.05, 3.63) is 68.7 Å². The van der Waals surface area contributed by atoms with Crippen molar-refractivity contribution in [1.29, 1.82) is 0 Å². The monoisotopic (exact) mass is 362 g/mol. The summed E-state index contributed by atoms with van der Waals surface area (Å²) in [6.07, 6.45) is 1.39. The molecule has 2 N–H and O–H groups in total. The van der Waals surface area contributed by atoms with Gasteiger partial charge in [-0.3, -0.25) is 10.1 Å². The third kappa shape index (κ3) is 4.67. The summed E-state index contributed by atoms with van der Waals surface area (Å²) in [4.78, 5) is 21.6. The lowest BCUT2D eigenvalue weighted by Gasteiger charge is -2.03. The Labute approximate surface area is 134 Å². The number of hydrogen-bond donors (Lipinski definition) is 2. The molecule has 0 heterocycles. The Morgan fingerprint density at radius 2 is 1.77 bits per heavy atom. The van der Waals surface area contributed by atoms with Crippen molar-refractivity contribution in [2.75, 3.05) is 5.32 Å². The van der Waals surface area contributed by atoms with E-state index >= 15 is 0 Å². The zero-order valence-electron chi connectivity index (χ0n) is 11.2. The van der Waals surface area contributed by atoms with Gasteiger partial charge in [-0.15, -0.1) is 0 Å². The number of rotatable bonds is 4. The molecule has 0 aliphatic rings. The van der Waals surface area contributed by atoms with Gasteiger partial charge in [0.2, 0.25) is 0 Å². The molecule has 2 rings (SSSR count). The van der Waals surface area contributed by atoms with E-state index < -0.39 is 11.0 Å². The molecule has 0 bridgehead atoms. The van der Waals surface area contributed by atoms with Crippen molar-refractivity contribution >= 4 is 39.6 Å². The van der Waals surface area contributed by atoms with Crippen LogP contribution in [0.1, 0.15) is 5.56 Å². The number of hydrogen-bond acceptors (Lipinski definition) is 4. The van der Waals surface area contributed by atoms with Crippen molar-refractivity contribution in [3.63, 3.8) is 0 Å². The van der Waals surface area contributed by atoms with Crippen LogP contribution in [0.15, 0.2) is 58.1 Å². The van der Waals surface area contributed by atoms with Crippen LogP contribution in [0.3, 0.4) is 0 Å². The Kier molecular flexibility index (Phi) is 5.21. The molecule has 7 nitrogen and oxygen atoms in total. The minimum Gasteiger partial charge on any atom is -0.307 e. The number of carbonyl (C=O) groups excluding carboxylic acids is 1. The van der Waals surface area contributed by atoms with E-state index in [1.54, 1.807) is 24.3 Å². The number of hydrazone groups is 1. The van der Waals surface area contributed by atoms with Gasteiger partial charge in [0.1, 0.15) is 0 Å². The van der Waals surface area contributed by atoms with Crippen molar-refractivity contribution in [1.82, 2.24) is 5.43 Å². The molecule has 2 aromatic rings. The van der Waals surface area contributed by atoms with Gasteiger partial charge in [-0.25, -0.2) is 10.2 Å². The first kappa shape index (κ1) is 15.6. The predicted octanol–water partition coefficient (Wildman–Crippen LogP) is 3.51. The van der Waals surface area contributed by atoms with Crippen molar-refractivity contribution in [3.8, 4) is 0 Å². The standard InChI is InChI=1S/C14H11BrN4O3/c15-11-3-5-12(6-4-11)17-14(20)18-16-9-10-1-7-13(8-2-10)19(21)22/h1-9H,(H2,17,18,20)/b16-9+. The number of halogens is 1. The molecule has 2 aromatic carbocycles. The molecule has 0 aromatic heterocycles. The Morgan fingerprint density at radius 3 is 2.36 bits per heavy atom. The molecule has 8 heteroatoms. The van der Waals surface area contributed by atoms with Gasteiger partial charge in [0.25, 0.3) is 5.69 Å². The van der Waals surface area contributed by atoms with Gasteiger partial charge in [0.05, 0.1) is 11.1 Å². The van der Waals surface area contributed by atoms with E-state index in [-0.39, 0.29) is 5.69 Å². The maximum atomic E-state index is 11.6. The summed E-state index contributed by atoms with van der Waals surface area (Å²) in [5.74, 6) is 0. The largest absolute Gasteiger partial charge is 0.339 e. The first-order chi connectivity index (χ1) is 10.5. The van der Waals surface area contributed by atoms with Crippen molar-refractivity contribution < 1.29 is 9.72 Å². The lowest BCUT2D eigenvalue weighted by molar-refractivity contribution is -0.384. The predicted molar refractivity (Wildman–Crippen MR) is 87.0 cm³/mol. The van der Waals surface area contributed by atoms with Crippen LogP contribution in [0.2, 0.25) is 0 Å². The van der Waals surface area contributed by atoms with Crippen LogP contribution in [-0.4, -0.2) is 17.2 Å². The summed E-state index contributed by atoms with van der Waals surface area (Å²) in [6.45, 7) is 0. The van der Waals surface area contributed by atoms with E-state index in [4.69, 9.17) is 0 Å².